The molecule has 0 saturated heterocycles. The molecule has 0 fully saturated rings. The summed E-state index contributed by atoms with van der Waals surface area (Å²) in [4.78, 5) is 19.5. The van der Waals surface area contributed by atoms with Crippen LogP contribution in [0, 0.1) is 6.92 Å². The molecular formula is C12H19N3O3. The molecule has 0 aromatic carbocycles. The van der Waals surface area contributed by atoms with E-state index in [0.29, 0.717) is 5.95 Å². The van der Waals surface area contributed by atoms with Crippen LogP contribution >= 0.6 is 0 Å². The lowest BCUT2D eigenvalue weighted by Gasteiger charge is -2.15. The zero-order chi connectivity index (χ0) is 13.7. The first kappa shape index (κ1) is 14.4. The van der Waals surface area contributed by atoms with E-state index >= 15 is 0 Å². The number of hydrogen-bond acceptors (Lipinski definition) is 5. The number of ether oxygens (including phenoxy) is 1. The average Bonchev–Trinajstić information content (AvgIpc) is 2.27. The first-order valence-corrected chi connectivity index (χ1v) is 5.78. The van der Waals surface area contributed by atoms with Crippen LogP contribution < -0.4 is 5.32 Å². The Labute approximate surface area is 106 Å². The summed E-state index contributed by atoms with van der Waals surface area (Å²) in [5.74, 6) is -0.408. The second-order valence-corrected chi connectivity index (χ2v) is 4.40. The maximum atomic E-state index is 11.0. The molecule has 6 nitrogen and oxygen atoms in total. The predicted molar refractivity (Wildman–Crippen MR) is 67.8 cm³/mol. The minimum atomic E-state index is -0.993. The van der Waals surface area contributed by atoms with E-state index in [4.69, 9.17) is 9.84 Å². The lowest BCUT2D eigenvalue weighted by atomic mass is 10.1. The molecule has 0 spiro atoms. The van der Waals surface area contributed by atoms with Gasteiger partial charge in [0.2, 0.25) is 5.95 Å². The summed E-state index contributed by atoms with van der Waals surface area (Å²) in [5.41, 5.74) is 1.68. The molecule has 1 atom stereocenters. The molecule has 0 saturated carbocycles. The van der Waals surface area contributed by atoms with Crippen molar-refractivity contribution < 1.29 is 14.6 Å². The Balaban J connectivity index is 2.91. The molecular weight excluding hydrogens is 234 g/mol. The summed E-state index contributed by atoms with van der Waals surface area (Å²) in [6.07, 6.45) is 0. The SMILES string of the molecule is COCC(Nc1nc(C)cc(C(C)C)n1)C(=O)O. The first-order valence-electron chi connectivity index (χ1n) is 5.78. The van der Waals surface area contributed by atoms with Crippen molar-refractivity contribution in [3.63, 3.8) is 0 Å². The van der Waals surface area contributed by atoms with Crippen molar-refractivity contribution >= 4 is 11.9 Å². The zero-order valence-corrected chi connectivity index (χ0v) is 11.1. The van der Waals surface area contributed by atoms with Gasteiger partial charge in [0.25, 0.3) is 0 Å². The minimum Gasteiger partial charge on any atom is -0.480 e. The van der Waals surface area contributed by atoms with Gasteiger partial charge in [-0.3, -0.25) is 0 Å². The topological polar surface area (TPSA) is 84.3 Å². The maximum absolute atomic E-state index is 11.0. The molecule has 1 unspecified atom stereocenters. The predicted octanol–water partition coefficient (Wildman–Crippen LogP) is 1.42. The van der Waals surface area contributed by atoms with E-state index in [1.165, 1.54) is 7.11 Å². The molecule has 0 amide bonds. The average molecular weight is 253 g/mol. The number of rotatable bonds is 6. The highest BCUT2D eigenvalue weighted by Gasteiger charge is 2.18. The van der Waals surface area contributed by atoms with Gasteiger partial charge in [-0.15, -0.1) is 0 Å². The van der Waals surface area contributed by atoms with Crippen molar-refractivity contribution in [1.29, 1.82) is 0 Å². The number of carboxylic acids is 1. The van der Waals surface area contributed by atoms with Crippen LogP contribution in [0.25, 0.3) is 0 Å². The highest BCUT2D eigenvalue weighted by molar-refractivity contribution is 5.76. The maximum Gasteiger partial charge on any atom is 0.328 e. The minimum absolute atomic E-state index is 0.0592. The summed E-state index contributed by atoms with van der Waals surface area (Å²) in [6, 6.07) is 1.04. The molecule has 1 aromatic rings. The second kappa shape index (κ2) is 6.30. The normalized spacial score (nSPS) is 12.5. The number of aryl methyl sites for hydroxylation is 1. The highest BCUT2D eigenvalue weighted by atomic mass is 16.5. The van der Waals surface area contributed by atoms with Crippen LogP contribution in [-0.2, 0) is 9.53 Å². The fourth-order valence-corrected chi connectivity index (χ4v) is 1.45. The molecule has 1 rings (SSSR count). The van der Waals surface area contributed by atoms with Gasteiger partial charge in [-0.05, 0) is 18.9 Å². The Kier molecular flexibility index (Phi) is 5.03. The van der Waals surface area contributed by atoms with Crippen molar-refractivity contribution in [3.05, 3.63) is 17.5 Å². The standard InChI is InChI=1S/C12H19N3O3/c1-7(2)9-5-8(3)13-12(14-9)15-10(6-18-4)11(16)17/h5,7,10H,6H2,1-4H3,(H,16,17)(H,13,14,15). The monoisotopic (exact) mass is 253 g/mol. The van der Waals surface area contributed by atoms with Gasteiger partial charge in [0.15, 0.2) is 6.04 Å². The molecule has 0 bridgehead atoms. The van der Waals surface area contributed by atoms with Crippen molar-refractivity contribution in [2.45, 2.75) is 32.7 Å². The van der Waals surface area contributed by atoms with Gasteiger partial charge >= 0.3 is 5.97 Å². The molecule has 1 heterocycles. The van der Waals surface area contributed by atoms with Gasteiger partial charge < -0.3 is 15.2 Å². The number of aliphatic carboxylic acids is 1. The molecule has 0 aliphatic rings. The Morgan fingerprint density at radius 1 is 1.50 bits per heavy atom. The van der Waals surface area contributed by atoms with E-state index in [1.54, 1.807) is 0 Å². The van der Waals surface area contributed by atoms with Crippen molar-refractivity contribution in [2.24, 2.45) is 0 Å². The third kappa shape index (κ3) is 3.96. The third-order valence-corrected chi connectivity index (χ3v) is 2.40. The number of nitrogens with one attached hydrogen (secondary N) is 1. The molecule has 0 aliphatic carbocycles. The van der Waals surface area contributed by atoms with Crippen LogP contribution in [0.3, 0.4) is 0 Å². The van der Waals surface area contributed by atoms with Crippen LogP contribution in [-0.4, -0.2) is 40.8 Å². The number of aromatic nitrogens is 2. The van der Waals surface area contributed by atoms with Gasteiger partial charge in [-0.25, -0.2) is 14.8 Å². The lowest BCUT2D eigenvalue weighted by molar-refractivity contribution is -0.139. The number of nitrogens with zero attached hydrogens (tertiary/aromatic N) is 2. The molecule has 6 heteroatoms. The Morgan fingerprint density at radius 2 is 2.17 bits per heavy atom. The number of methoxy groups -OCH3 is 1. The Morgan fingerprint density at radius 3 is 2.67 bits per heavy atom. The molecule has 18 heavy (non-hydrogen) atoms. The smallest absolute Gasteiger partial charge is 0.328 e. The van der Waals surface area contributed by atoms with Crippen LogP contribution in [0.2, 0.25) is 0 Å². The summed E-state index contributed by atoms with van der Waals surface area (Å²) in [5, 5.41) is 11.8. The Hall–Kier alpha value is -1.69. The zero-order valence-electron chi connectivity index (χ0n) is 11.1. The first-order chi connectivity index (χ1) is 8.43. The lowest BCUT2D eigenvalue weighted by Crippen LogP contribution is -2.34. The van der Waals surface area contributed by atoms with Gasteiger partial charge in [-0.1, -0.05) is 13.8 Å². The second-order valence-electron chi connectivity index (χ2n) is 4.40. The number of anilines is 1. The number of carboxylic acid groups (broad SMARTS) is 1. The van der Waals surface area contributed by atoms with E-state index in [-0.39, 0.29) is 12.5 Å². The number of hydrogen-bond donors (Lipinski definition) is 2. The summed E-state index contributed by atoms with van der Waals surface area (Å²) >= 11 is 0. The Bertz CT molecular complexity index is 421. The third-order valence-electron chi connectivity index (χ3n) is 2.40. The molecule has 2 N–H and O–H groups in total. The molecule has 0 radical (unpaired) electrons. The van der Waals surface area contributed by atoms with Gasteiger partial charge in [0.05, 0.1) is 6.61 Å². The van der Waals surface area contributed by atoms with E-state index in [0.717, 1.165) is 11.4 Å². The number of carbonyl (C=O) groups is 1. The van der Waals surface area contributed by atoms with Crippen LogP contribution in [0.15, 0.2) is 6.07 Å². The van der Waals surface area contributed by atoms with E-state index in [2.05, 4.69) is 15.3 Å². The largest absolute Gasteiger partial charge is 0.480 e. The summed E-state index contributed by atoms with van der Waals surface area (Å²) < 4.78 is 4.85. The summed E-state index contributed by atoms with van der Waals surface area (Å²) in [6.45, 7) is 5.96. The van der Waals surface area contributed by atoms with Crippen molar-refractivity contribution in [1.82, 2.24) is 9.97 Å². The van der Waals surface area contributed by atoms with E-state index in [1.807, 2.05) is 26.8 Å². The highest BCUT2D eigenvalue weighted by Crippen LogP contribution is 2.14. The van der Waals surface area contributed by atoms with Crippen LogP contribution in [0.1, 0.15) is 31.2 Å². The van der Waals surface area contributed by atoms with Gasteiger partial charge in [0.1, 0.15) is 0 Å². The fourth-order valence-electron chi connectivity index (χ4n) is 1.45. The quantitative estimate of drug-likeness (QED) is 0.797. The van der Waals surface area contributed by atoms with Crippen LogP contribution in [0.5, 0.6) is 0 Å². The van der Waals surface area contributed by atoms with Crippen LogP contribution in [0.4, 0.5) is 5.95 Å². The van der Waals surface area contributed by atoms with Crippen molar-refractivity contribution in [3.8, 4) is 0 Å². The fraction of sp³-hybridized carbons (Fsp3) is 0.583. The van der Waals surface area contributed by atoms with E-state index in [9.17, 15) is 4.79 Å². The summed E-state index contributed by atoms with van der Waals surface area (Å²) in [7, 11) is 1.45. The molecule has 0 aliphatic heterocycles. The van der Waals surface area contributed by atoms with Gasteiger partial charge in [0, 0.05) is 18.5 Å². The molecule has 1 aromatic heterocycles. The van der Waals surface area contributed by atoms with Gasteiger partial charge in [-0.2, -0.15) is 0 Å². The molecule has 100 valence electrons. The van der Waals surface area contributed by atoms with E-state index < -0.39 is 12.0 Å². The van der Waals surface area contributed by atoms with Crippen molar-refractivity contribution in [2.75, 3.05) is 19.0 Å².